The molecule has 0 aliphatic rings. The van der Waals surface area contributed by atoms with Crippen LogP contribution in [-0.2, 0) is 4.79 Å². The van der Waals surface area contributed by atoms with Gasteiger partial charge in [0.25, 0.3) is 0 Å². The Balaban J connectivity index is 3.18. The van der Waals surface area contributed by atoms with Gasteiger partial charge in [-0.05, 0) is 30.2 Å². The molecule has 6 N–H and O–H groups in total. The molecule has 0 saturated carbocycles. The molecule has 0 fully saturated rings. The number of nitrogens with two attached hydrogens (primary N) is 3. The summed E-state index contributed by atoms with van der Waals surface area (Å²) in [7, 11) is 0. The van der Waals surface area contributed by atoms with E-state index in [1.165, 1.54) is 12.1 Å². The van der Waals surface area contributed by atoms with Gasteiger partial charge in [0.15, 0.2) is 11.3 Å². The summed E-state index contributed by atoms with van der Waals surface area (Å²) in [5.41, 5.74) is 15.8. The maximum absolute atomic E-state index is 12.2. The predicted octanol–water partition coefficient (Wildman–Crippen LogP) is 0.290. The van der Waals surface area contributed by atoms with Gasteiger partial charge in [0.2, 0.25) is 5.91 Å². The molecule has 1 aromatic rings. The molecule has 5 heteroatoms. The lowest BCUT2D eigenvalue weighted by Gasteiger charge is -2.28. The van der Waals surface area contributed by atoms with Crippen LogP contribution in [-0.4, -0.2) is 17.2 Å². The average molecular weight is 235 g/mol. The molecule has 92 valence electrons. The summed E-state index contributed by atoms with van der Waals surface area (Å²) in [6, 6.07) is 6.22. The van der Waals surface area contributed by atoms with Crippen molar-refractivity contribution >= 4 is 17.4 Å². The van der Waals surface area contributed by atoms with E-state index in [9.17, 15) is 9.59 Å². The van der Waals surface area contributed by atoms with Gasteiger partial charge < -0.3 is 17.2 Å². The number of Topliss-reactive ketones (excluding diaryl/α,β-unsaturated/α-hetero) is 1. The van der Waals surface area contributed by atoms with E-state index in [0.29, 0.717) is 11.3 Å². The molecule has 17 heavy (non-hydrogen) atoms. The zero-order valence-electron chi connectivity index (χ0n) is 9.94. The number of nitrogen functional groups attached to an aromatic ring is 1. The Bertz CT molecular complexity index is 440. The fourth-order valence-corrected chi connectivity index (χ4v) is 1.53. The second kappa shape index (κ2) is 4.55. The van der Waals surface area contributed by atoms with Gasteiger partial charge in [0.05, 0.1) is 0 Å². The van der Waals surface area contributed by atoms with Crippen molar-refractivity contribution in [1.82, 2.24) is 0 Å². The number of anilines is 1. The summed E-state index contributed by atoms with van der Waals surface area (Å²) >= 11 is 0. The number of ketones is 1. The van der Waals surface area contributed by atoms with Crippen LogP contribution in [0.25, 0.3) is 0 Å². The molecule has 1 atom stereocenters. The van der Waals surface area contributed by atoms with Gasteiger partial charge >= 0.3 is 0 Å². The summed E-state index contributed by atoms with van der Waals surface area (Å²) in [5.74, 6) is -1.70. The van der Waals surface area contributed by atoms with Crippen molar-refractivity contribution in [1.29, 1.82) is 0 Å². The van der Waals surface area contributed by atoms with Crippen molar-refractivity contribution < 1.29 is 9.59 Å². The molecule has 1 aromatic carbocycles. The van der Waals surface area contributed by atoms with Crippen LogP contribution >= 0.6 is 0 Å². The fourth-order valence-electron chi connectivity index (χ4n) is 1.53. The number of carbonyl (C=O) groups excluding carboxylic acids is 2. The first kappa shape index (κ1) is 13.2. The number of primary amides is 1. The van der Waals surface area contributed by atoms with E-state index >= 15 is 0 Å². The summed E-state index contributed by atoms with van der Waals surface area (Å²) < 4.78 is 0. The topological polar surface area (TPSA) is 112 Å². The Morgan fingerprint density at radius 3 is 2.00 bits per heavy atom. The second-order valence-corrected chi connectivity index (χ2v) is 4.34. The molecule has 0 aliphatic heterocycles. The van der Waals surface area contributed by atoms with Crippen LogP contribution in [0.3, 0.4) is 0 Å². The van der Waals surface area contributed by atoms with Crippen molar-refractivity contribution in [3.8, 4) is 0 Å². The van der Waals surface area contributed by atoms with Gasteiger partial charge in [0.1, 0.15) is 0 Å². The van der Waals surface area contributed by atoms with Crippen LogP contribution in [0.4, 0.5) is 5.69 Å². The SMILES string of the molecule is CC(C)[C@](N)(C(N)=O)C(=O)c1ccc(N)cc1. The van der Waals surface area contributed by atoms with E-state index in [2.05, 4.69) is 0 Å². The molecule has 1 amide bonds. The highest BCUT2D eigenvalue weighted by atomic mass is 16.2. The summed E-state index contributed by atoms with van der Waals surface area (Å²) in [6.07, 6.45) is 0. The molecule has 0 aliphatic carbocycles. The molecule has 0 radical (unpaired) electrons. The van der Waals surface area contributed by atoms with E-state index in [1.807, 2.05) is 0 Å². The first-order valence-corrected chi connectivity index (χ1v) is 5.29. The number of rotatable bonds is 4. The average Bonchev–Trinajstić information content (AvgIpc) is 2.27. The first-order chi connectivity index (χ1) is 7.80. The Kier molecular flexibility index (Phi) is 3.53. The third kappa shape index (κ3) is 2.29. The molecule has 0 spiro atoms. The van der Waals surface area contributed by atoms with Gasteiger partial charge in [-0.2, -0.15) is 0 Å². The summed E-state index contributed by atoms with van der Waals surface area (Å²) in [6.45, 7) is 3.36. The van der Waals surface area contributed by atoms with Gasteiger partial charge in [-0.25, -0.2) is 0 Å². The minimum Gasteiger partial charge on any atom is -0.399 e. The highest BCUT2D eigenvalue weighted by Gasteiger charge is 2.43. The number of amides is 1. The van der Waals surface area contributed by atoms with Crippen LogP contribution in [0.5, 0.6) is 0 Å². The lowest BCUT2D eigenvalue weighted by molar-refractivity contribution is -0.122. The van der Waals surface area contributed by atoms with E-state index in [0.717, 1.165) is 0 Å². The maximum Gasteiger partial charge on any atom is 0.245 e. The largest absolute Gasteiger partial charge is 0.399 e. The molecule has 5 nitrogen and oxygen atoms in total. The minimum atomic E-state index is -1.68. The van der Waals surface area contributed by atoms with Crippen molar-refractivity contribution in [2.45, 2.75) is 19.4 Å². The Morgan fingerprint density at radius 1 is 1.18 bits per heavy atom. The highest BCUT2D eigenvalue weighted by Crippen LogP contribution is 2.20. The normalized spacial score (nSPS) is 14.4. The Morgan fingerprint density at radius 2 is 1.65 bits per heavy atom. The third-order valence-electron chi connectivity index (χ3n) is 2.87. The van der Waals surface area contributed by atoms with Gasteiger partial charge in [0, 0.05) is 11.3 Å². The smallest absolute Gasteiger partial charge is 0.245 e. The number of carbonyl (C=O) groups is 2. The van der Waals surface area contributed by atoms with E-state index in [1.54, 1.807) is 26.0 Å². The number of hydrogen-bond donors (Lipinski definition) is 3. The van der Waals surface area contributed by atoms with Gasteiger partial charge in [-0.3, -0.25) is 9.59 Å². The van der Waals surface area contributed by atoms with Crippen LogP contribution in [0.1, 0.15) is 24.2 Å². The van der Waals surface area contributed by atoms with Crippen LogP contribution in [0.15, 0.2) is 24.3 Å². The van der Waals surface area contributed by atoms with Crippen molar-refractivity contribution in [3.05, 3.63) is 29.8 Å². The molecule has 0 aromatic heterocycles. The monoisotopic (exact) mass is 235 g/mol. The quantitative estimate of drug-likeness (QED) is 0.395. The molecule has 0 saturated heterocycles. The predicted molar refractivity (Wildman–Crippen MR) is 66.1 cm³/mol. The van der Waals surface area contributed by atoms with Crippen molar-refractivity contribution in [3.63, 3.8) is 0 Å². The van der Waals surface area contributed by atoms with E-state index < -0.39 is 17.2 Å². The summed E-state index contributed by atoms with van der Waals surface area (Å²) in [4.78, 5) is 23.6. The minimum absolute atomic E-state index is 0.328. The molecule has 0 bridgehead atoms. The summed E-state index contributed by atoms with van der Waals surface area (Å²) in [5, 5.41) is 0. The van der Waals surface area contributed by atoms with Crippen LogP contribution < -0.4 is 17.2 Å². The Hall–Kier alpha value is -1.88. The zero-order chi connectivity index (χ0) is 13.2. The van der Waals surface area contributed by atoms with Gasteiger partial charge in [-0.15, -0.1) is 0 Å². The van der Waals surface area contributed by atoms with Crippen LogP contribution in [0.2, 0.25) is 0 Å². The number of benzene rings is 1. The highest BCUT2D eigenvalue weighted by molar-refractivity contribution is 6.17. The molecule has 0 heterocycles. The molecule has 0 unspecified atom stereocenters. The van der Waals surface area contributed by atoms with Crippen LogP contribution in [0, 0.1) is 5.92 Å². The maximum atomic E-state index is 12.2. The molecular weight excluding hydrogens is 218 g/mol. The molecular formula is C12H17N3O2. The van der Waals surface area contributed by atoms with Crippen molar-refractivity contribution in [2.24, 2.45) is 17.4 Å². The standard InChI is InChI=1S/C12H17N3O2/c1-7(2)12(15,11(14)17)10(16)8-3-5-9(13)6-4-8/h3-7H,13,15H2,1-2H3,(H2,14,17)/t12-/m1/s1. The van der Waals surface area contributed by atoms with E-state index in [4.69, 9.17) is 17.2 Å². The van der Waals surface area contributed by atoms with E-state index in [-0.39, 0.29) is 5.92 Å². The Labute approximate surface area is 100.0 Å². The third-order valence-corrected chi connectivity index (χ3v) is 2.87. The first-order valence-electron chi connectivity index (χ1n) is 5.29. The lowest BCUT2D eigenvalue weighted by Crippen LogP contribution is -2.61. The zero-order valence-corrected chi connectivity index (χ0v) is 9.94. The lowest BCUT2D eigenvalue weighted by atomic mass is 9.80. The molecule has 1 rings (SSSR count). The van der Waals surface area contributed by atoms with Gasteiger partial charge in [-0.1, -0.05) is 13.8 Å². The van der Waals surface area contributed by atoms with Crippen molar-refractivity contribution in [2.75, 3.05) is 5.73 Å². The fraction of sp³-hybridized carbons (Fsp3) is 0.333. The number of hydrogen-bond acceptors (Lipinski definition) is 4. The second-order valence-electron chi connectivity index (χ2n) is 4.34.